The number of carbonyl (C=O) groups excluding carboxylic acids is 1. The molecule has 0 radical (unpaired) electrons. The van der Waals surface area contributed by atoms with Gasteiger partial charge in [-0.3, -0.25) is 18.6 Å². The predicted molar refractivity (Wildman–Crippen MR) is 106 cm³/mol. The third-order valence-corrected chi connectivity index (χ3v) is 5.23. The van der Waals surface area contributed by atoms with Gasteiger partial charge in [-0.1, -0.05) is 42.1 Å². The standard InChI is InChI=1S/C20H15FN4O2S/c1-2-11-24-18(27)14-8-4-6-10-16(14)25-19(24)22-23-20(25)28-12-17(26)13-7-3-5-9-15(13)21/h2-10H,1,11-12H2. The van der Waals surface area contributed by atoms with E-state index in [0.29, 0.717) is 21.8 Å². The van der Waals surface area contributed by atoms with E-state index >= 15 is 0 Å². The van der Waals surface area contributed by atoms with Crippen LogP contribution in [0.5, 0.6) is 0 Å². The minimum atomic E-state index is -0.551. The van der Waals surface area contributed by atoms with E-state index in [0.717, 1.165) is 11.8 Å². The van der Waals surface area contributed by atoms with Crippen LogP contribution < -0.4 is 5.56 Å². The molecule has 28 heavy (non-hydrogen) atoms. The zero-order chi connectivity index (χ0) is 19.7. The molecule has 0 aliphatic heterocycles. The number of hydrogen-bond donors (Lipinski definition) is 0. The van der Waals surface area contributed by atoms with Gasteiger partial charge in [-0.2, -0.15) is 0 Å². The van der Waals surface area contributed by atoms with E-state index in [9.17, 15) is 14.0 Å². The van der Waals surface area contributed by atoms with Gasteiger partial charge in [0.2, 0.25) is 5.78 Å². The fourth-order valence-electron chi connectivity index (χ4n) is 3.02. The van der Waals surface area contributed by atoms with Gasteiger partial charge in [0.15, 0.2) is 10.9 Å². The van der Waals surface area contributed by atoms with Crippen LogP contribution in [-0.4, -0.2) is 30.7 Å². The number of ketones is 1. The van der Waals surface area contributed by atoms with Crippen molar-refractivity contribution >= 4 is 34.2 Å². The Morgan fingerprint density at radius 3 is 2.68 bits per heavy atom. The molecule has 0 saturated heterocycles. The molecule has 6 nitrogen and oxygen atoms in total. The Morgan fingerprint density at radius 1 is 1.14 bits per heavy atom. The van der Waals surface area contributed by atoms with Crippen molar-refractivity contribution in [2.45, 2.75) is 11.7 Å². The van der Waals surface area contributed by atoms with Crippen LogP contribution in [0.3, 0.4) is 0 Å². The topological polar surface area (TPSA) is 69.3 Å². The van der Waals surface area contributed by atoms with E-state index in [1.807, 2.05) is 6.07 Å². The zero-order valence-electron chi connectivity index (χ0n) is 14.7. The Hall–Kier alpha value is -3.26. The third kappa shape index (κ3) is 3.01. The molecule has 0 N–H and O–H groups in total. The molecule has 2 aromatic heterocycles. The van der Waals surface area contributed by atoms with Gasteiger partial charge in [-0.15, -0.1) is 16.8 Å². The van der Waals surface area contributed by atoms with Crippen molar-refractivity contribution in [3.05, 3.63) is 82.9 Å². The first kappa shape index (κ1) is 18.1. The van der Waals surface area contributed by atoms with Crippen molar-refractivity contribution in [2.75, 3.05) is 5.75 Å². The van der Waals surface area contributed by atoms with Crippen LogP contribution in [0.15, 0.2) is 71.1 Å². The van der Waals surface area contributed by atoms with Gasteiger partial charge in [0.05, 0.1) is 22.2 Å². The number of carbonyl (C=O) groups is 1. The number of aromatic nitrogens is 4. The highest BCUT2D eigenvalue weighted by molar-refractivity contribution is 7.99. The van der Waals surface area contributed by atoms with Gasteiger partial charge < -0.3 is 0 Å². The maximum atomic E-state index is 13.8. The predicted octanol–water partition coefficient (Wildman–Crippen LogP) is 3.34. The molecule has 0 amide bonds. The second kappa shape index (κ2) is 7.40. The summed E-state index contributed by atoms with van der Waals surface area (Å²) in [5, 5.41) is 9.26. The lowest BCUT2D eigenvalue weighted by molar-refractivity contribution is 0.101. The maximum Gasteiger partial charge on any atom is 0.263 e. The number of para-hydroxylation sites is 1. The summed E-state index contributed by atoms with van der Waals surface area (Å²) >= 11 is 1.15. The third-order valence-electron chi connectivity index (χ3n) is 4.30. The van der Waals surface area contributed by atoms with Crippen LogP contribution in [0.1, 0.15) is 10.4 Å². The first-order valence-corrected chi connectivity index (χ1v) is 9.48. The Morgan fingerprint density at radius 2 is 1.89 bits per heavy atom. The van der Waals surface area contributed by atoms with Gasteiger partial charge in [-0.05, 0) is 24.3 Å². The number of thioether (sulfide) groups is 1. The highest BCUT2D eigenvalue weighted by Gasteiger charge is 2.18. The number of fused-ring (bicyclic) bond motifs is 3. The first-order valence-electron chi connectivity index (χ1n) is 8.50. The number of nitrogens with zero attached hydrogens (tertiary/aromatic N) is 4. The molecular formula is C20H15FN4O2S. The van der Waals surface area contributed by atoms with Crippen LogP contribution in [0.4, 0.5) is 4.39 Å². The summed E-state index contributed by atoms with van der Waals surface area (Å²) in [4.78, 5) is 25.2. The van der Waals surface area contributed by atoms with E-state index in [1.165, 1.54) is 22.8 Å². The number of hydrogen-bond acceptors (Lipinski definition) is 5. The van der Waals surface area contributed by atoms with Crippen LogP contribution in [-0.2, 0) is 6.54 Å². The van der Waals surface area contributed by atoms with Gasteiger partial charge in [0.1, 0.15) is 5.82 Å². The highest BCUT2D eigenvalue weighted by atomic mass is 32.2. The molecule has 0 spiro atoms. The Kier molecular flexibility index (Phi) is 4.79. The Bertz CT molecular complexity index is 1280. The van der Waals surface area contributed by atoms with Gasteiger partial charge in [0.25, 0.3) is 5.56 Å². The van der Waals surface area contributed by atoms with Gasteiger partial charge >= 0.3 is 0 Å². The summed E-state index contributed by atoms with van der Waals surface area (Å²) in [7, 11) is 0. The second-order valence-corrected chi connectivity index (χ2v) is 6.97. The molecular weight excluding hydrogens is 379 g/mol. The molecule has 0 aliphatic carbocycles. The molecule has 2 aromatic carbocycles. The number of Topliss-reactive ketones (excluding diaryl/α,β-unsaturated/α-hetero) is 1. The molecule has 0 aliphatic rings. The SMILES string of the molecule is C=CCn1c(=O)c2ccccc2n2c(SCC(=O)c3ccccc3F)nnc12. The summed E-state index contributed by atoms with van der Waals surface area (Å²) in [6.45, 7) is 3.97. The fraction of sp³-hybridized carbons (Fsp3) is 0.100. The first-order chi connectivity index (χ1) is 13.6. The smallest absolute Gasteiger partial charge is 0.263 e. The Labute approximate surface area is 163 Å². The summed E-state index contributed by atoms with van der Waals surface area (Å²) in [6.07, 6.45) is 1.61. The van der Waals surface area contributed by atoms with Crippen molar-refractivity contribution in [1.82, 2.24) is 19.2 Å². The van der Waals surface area contributed by atoms with Gasteiger partial charge in [0, 0.05) is 6.54 Å². The van der Waals surface area contributed by atoms with E-state index in [1.54, 1.807) is 34.7 Å². The van der Waals surface area contributed by atoms with Gasteiger partial charge in [-0.25, -0.2) is 4.39 Å². The lowest BCUT2D eigenvalue weighted by Gasteiger charge is -2.09. The molecule has 0 bridgehead atoms. The van der Waals surface area contributed by atoms with Crippen LogP contribution in [0.25, 0.3) is 16.7 Å². The number of rotatable bonds is 6. The van der Waals surface area contributed by atoms with Crippen molar-refractivity contribution in [3.8, 4) is 0 Å². The largest absolute Gasteiger partial charge is 0.293 e. The number of benzene rings is 2. The summed E-state index contributed by atoms with van der Waals surface area (Å²) in [5.41, 5.74) is 0.500. The van der Waals surface area contributed by atoms with E-state index in [2.05, 4.69) is 16.8 Å². The monoisotopic (exact) mass is 394 g/mol. The zero-order valence-corrected chi connectivity index (χ0v) is 15.5. The lowest BCUT2D eigenvalue weighted by Crippen LogP contribution is -2.22. The molecule has 2 heterocycles. The maximum absolute atomic E-state index is 13.8. The van der Waals surface area contributed by atoms with Crippen LogP contribution in [0.2, 0.25) is 0 Å². The van der Waals surface area contributed by atoms with Crippen molar-refractivity contribution < 1.29 is 9.18 Å². The number of halogens is 1. The minimum Gasteiger partial charge on any atom is -0.293 e. The molecule has 0 atom stereocenters. The normalized spacial score (nSPS) is 11.2. The molecule has 0 saturated carbocycles. The summed E-state index contributed by atoms with van der Waals surface area (Å²) in [6, 6.07) is 13.0. The van der Waals surface area contributed by atoms with E-state index in [4.69, 9.17) is 0 Å². The van der Waals surface area contributed by atoms with Crippen LogP contribution in [0, 0.1) is 5.82 Å². The minimum absolute atomic E-state index is 0.00333. The Balaban J connectivity index is 1.78. The molecule has 140 valence electrons. The summed E-state index contributed by atoms with van der Waals surface area (Å²) in [5.74, 6) is -0.533. The van der Waals surface area contributed by atoms with E-state index in [-0.39, 0.29) is 29.2 Å². The number of allylic oxidation sites excluding steroid dienone is 1. The molecule has 0 fully saturated rings. The molecule has 4 rings (SSSR count). The summed E-state index contributed by atoms with van der Waals surface area (Å²) < 4.78 is 17.1. The average molecular weight is 394 g/mol. The second-order valence-electron chi connectivity index (χ2n) is 6.03. The lowest BCUT2D eigenvalue weighted by atomic mass is 10.1. The molecule has 8 heteroatoms. The quantitative estimate of drug-likeness (QED) is 0.285. The fourth-order valence-corrected chi connectivity index (χ4v) is 3.84. The van der Waals surface area contributed by atoms with Crippen LogP contribution >= 0.6 is 11.8 Å². The molecule has 4 aromatic rings. The molecule has 0 unspecified atom stereocenters. The van der Waals surface area contributed by atoms with Crippen molar-refractivity contribution in [1.29, 1.82) is 0 Å². The van der Waals surface area contributed by atoms with Crippen molar-refractivity contribution in [2.24, 2.45) is 0 Å². The average Bonchev–Trinajstić information content (AvgIpc) is 3.13. The van der Waals surface area contributed by atoms with Crippen molar-refractivity contribution in [3.63, 3.8) is 0 Å². The highest BCUT2D eigenvalue weighted by Crippen LogP contribution is 2.23. The van der Waals surface area contributed by atoms with E-state index < -0.39 is 5.82 Å².